The highest BCUT2D eigenvalue weighted by Crippen LogP contribution is 2.33. The van der Waals surface area contributed by atoms with Crippen LogP contribution in [0.25, 0.3) is 0 Å². The Morgan fingerprint density at radius 1 is 1.28 bits per heavy atom. The van der Waals surface area contributed by atoms with Crippen molar-refractivity contribution in [1.29, 1.82) is 0 Å². The molecule has 0 spiro atoms. The van der Waals surface area contributed by atoms with Gasteiger partial charge in [-0.05, 0) is 18.2 Å². The van der Waals surface area contributed by atoms with E-state index < -0.39 is 11.7 Å². The number of imidazole rings is 1. The Kier molecular flexibility index (Phi) is 3.60. The van der Waals surface area contributed by atoms with Crippen LogP contribution in [0.15, 0.2) is 35.1 Å². The van der Waals surface area contributed by atoms with E-state index in [4.69, 9.17) is 0 Å². The Morgan fingerprint density at radius 2 is 2.06 bits per heavy atom. The number of hydrogen-bond donors (Lipinski definition) is 2. The van der Waals surface area contributed by atoms with Crippen molar-refractivity contribution in [1.82, 2.24) is 9.97 Å². The lowest BCUT2D eigenvalue weighted by Gasteiger charge is -2.11. The molecule has 0 radical (unpaired) electrons. The summed E-state index contributed by atoms with van der Waals surface area (Å²) in [6.45, 7) is 0.334. The normalized spacial score (nSPS) is 11.6. The molecular formula is C11H9BrF3N3. The highest BCUT2D eigenvalue weighted by atomic mass is 79.9. The summed E-state index contributed by atoms with van der Waals surface area (Å²) < 4.78 is 38.2. The molecule has 0 saturated carbocycles. The third kappa shape index (κ3) is 3.25. The van der Waals surface area contributed by atoms with Crippen molar-refractivity contribution >= 4 is 21.6 Å². The lowest BCUT2D eigenvalue weighted by atomic mass is 10.2. The van der Waals surface area contributed by atoms with Crippen LogP contribution in [0, 0.1) is 0 Å². The summed E-state index contributed by atoms with van der Waals surface area (Å²) in [4.78, 5) is 6.83. The number of benzene rings is 1. The zero-order valence-corrected chi connectivity index (χ0v) is 10.6. The molecule has 96 valence electrons. The maximum absolute atomic E-state index is 12.6. The molecule has 7 heteroatoms. The van der Waals surface area contributed by atoms with Crippen molar-refractivity contribution in [2.75, 3.05) is 5.32 Å². The number of aromatic nitrogens is 2. The predicted molar refractivity (Wildman–Crippen MR) is 65.1 cm³/mol. The topological polar surface area (TPSA) is 40.7 Å². The number of hydrogen-bond acceptors (Lipinski definition) is 2. The molecule has 18 heavy (non-hydrogen) atoms. The van der Waals surface area contributed by atoms with E-state index in [9.17, 15) is 13.2 Å². The summed E-state index contributed by atoms with van der Waals surface area (Å²) in [5.74, 6) is 0.656. The van der Waals surface area contributed by atoms with Gasteiger partial charge in [-0.3, -0.25) is 0 Å². The fourth-order valence-corrected chi connectivity index (χ4v) is 1.93. The lowest BCUT2D eigenvalue weighted by Crippen LogP contribution is -2.07. The van der Waals surface area contributed by atoms with E-state index in [0.717, 1.165) is 12.1 Å². The van der Waals surface area contributed by atoms with Crippen LogP contribution < -0.4 is 5.32 Å². The Morgan fingerprint density at radius 3 is 2.67 bits per heavy atom. The van der Waals surface area contributed by atoms with E-state index in [2.05, 4.69) is 31.2 Å². The van der Waals surface area contributed by atoms with Gasteiger partial charge in [0.05, 0.1) is 12.1 Å². The number of alkyl halides is 3. The SMILES string of the molecule is FC(F)(F)c1cc(Br)cc(NCc2ncc[nH]2)c1. The highest BCUT2D eigenvalue weighted by Gasteiger charge is 2.31. The molecule has 0 aliphatic heterocycles. The number of rotatable bonds is 3. The first-order valence-electron chi connectivity index (χ1n) is 5.05. The average Bonchev–Trinajstić information content (AvgIpc) is 2.77. The van der Waals surface area contributed by atoms with Gasteiger partial charge in [-0.15, -0.1) is 0 Å². The van der Waals surface area contributed by atoms with Crippen LogP contribution in [0.2, 0.25) is 0 Å². The molecule has 0 aliphatic rings. The smallest absolute Gasteiger partial charge is 0.378 e. The average molecular weight is 320 g/mol. The summed E-state index contributed by atoms with van der Waals surface area (Å²) >= 11 is 3.06. The predicted octanol–water partition coefficient (Wildman–Crippen LogP) is 3.80. The molecular weight excluding hydrogens is 311 g/mol. The van der Waals surface area contributed by atoms with Crippen LogP contribution >= 0.6 is 15.9 Å². The van der Waals surface area contributed by atoms with Gasteiger partial charge in [-0.25, -0.2) is 4.98 Å². The molecule has 0 aliphatic carbocycles. The van der Waals surface area contributed by atoms with Crippen molar-refractivity contribution in [3.05, 3.63) is 46.5 Å². The fourth-order valence-electron chi connectivity index (χ4n) is 1.44. The highest BCUT2D eigenvalue weighted by molar-refractivity contribution is 9.10. The minimum absolute atomic E-state index is 0.334. The minimum Gasteiger partial charge on any atom is -0.378 e. The van der Waals surface area contributed by atoms with Crippen LogP contribution in [0.4, 0.5) is 18.9 Å². The number of H-pyrrole nitrogens is 1. The number of nitrogens with one attached hydrogen (secondary N) is 2. The summed E-state index contributed by atoms with van der Waals surface area (Å²) in [5.41, 5.74) is -0.313. The molecule has 3 nitrogen and oxygen atoms in total. The largest absolute Gasteiger partial charge is 0.416 e. The zero-order chi connectivity index (χ0) is 13.2. The Labute approximate surface area is 110 Å². The van der Waals surface area contributed by atoms with Crippen LogP contribution in [0.3, 0.4) is 0 Å². The third-order valence-corrected chi connectivity index (χ3v) is 2.70. The molecule has 0 fully saturated rings. The van der Waals surface area contributed by atoms with Gasteiger partial charge in [-0.1, -0.05) is 15.9 Å². The number of halogens is 4. The second-order valence-corrected chi connectivity index (χ2v) is 4.53. The van der Waals surface area contributed by atoms with Gasteiger partial charge < -0.3 is 10.3 Å². The molecule has 0 unspecified atom stereocenters. The molecule has 2 N–H and O–H groups in total. The first kappa shape index (κ1) is 12.9. The summed E-state index contributed by atoms with van der Waals surface area (Å²) in [7, 11) is 0. The van der Waals surface area contributed by atoms with Crippen molar-refractivity contribution < 1.29 is 13.2 Å². The van der Waals surface area contributed by atoms with E-state index in [1.54, 1.807) is 18.5 Å². The summed E-state index contributed by atoms with van der Waals surface area (Å²) in [5, 5.41) is 2.88. The maximum Gasteiger partial charge on any atom is 0.416 e. The maximum atomic E-state index is 12.6. The monoisotopic (exact) mass is 319 g/mol. The second-order valence-electron chi connectivity index (χ2n) is 3.62. The van der Waals surface area contributed by atoms with Gasteiger partial charge in [0.1, 0.15) is 5.82 Å². The first-order chi connectivity index (χ1) is 8.45. The van der Waals surface area contributed by atoms with Crippen molar-refractivity contribution in [3.63, 3.8) is 0 Å². The third-order valence-electron chi connectivity index (χ3n) is 2.24. The van der Waals surface area contributed by atoms with Crippen LogP contribution in [0.5, 0.6) is 0 Å². The lowest BCUT2D eigenvalue weighted by molar-refractivity contribution is -0.137. The number of anilines is 1. The van der Waals surface area contributed by atoms with Gasteiger partial charge in [0.25, 0.3) is 0 Å². The van der Waals surface area contributed by atoms with Gasteiger partial charge in [0.15, 0.2) is 0 Å². The molecule has 1 aromatic heterocycles. The zero-order valence-electron chi connectivity index (χ0n) is 9.05. The van der Waals surface area contributed by atoms with Gasteiger partial charge in [0, 0.05) is 22.6 Å². The van der Waals surface area contributed by atoms with Crippen molar-refractivity contribution in [3.8, 4) is 0 Å². The molecule has 0 bridgehead atoms. The standard InChI is InChI=1S/C11H9BrF3N3/c12-8-3-7(11(13,14)15)4-9(5-8)18-6-10-16-1-2-17-10/h1-5,18H,6H2,(H,16,17). The van der Waals surface area contributed by atoms with Crippen molar-refractivity contribution in [2.45, 2.75) is 12.7 Å². The molecule has 2 aromatic rings. The first-order valence-corrected chi connectivity index (χ1v) is 5.84. The van der Waals surface area contributed by atoms with Gasteiger partial charge >= 0.3 is 6.18 Å². The number of nitrogens with zero attached hydrogens (tertiary/aromatic N) is 1. The van der Waals surface area contributed by atoms with Crippen molar-refractivity contribution in [2.24, 2.45) is 0 Å². The van der Waals surface area contributed by atoms with E-state index in [1.807, 2.05) is 0 Å². The van der Waals surface area contributed by atoms with E-state index in [-0.39, 0.29) is 0 Å². The minimum atomic E-state index is -4.36. The summed E-state index contributed by atoms with van der Waals surface area (Å²) in [6.07, 6.45) is -1.12. The molecule has 2 rings (SSSR count). The van der Waals surface area contributed by atoms with Crippen LogP contribution in [-0.4, -0.2) is 9.97 Å². The van der Waals surface area contributed by atoms with Crippen LogP contribution in [0.1, 0.15) is 11.4 Å². The molecule has 0 saturated heterocycles. The Hall–Kier alpha value is -1.50. The quantitative estimate of drug-likeness (QED) is 0.903. The molecule has 1 heterocycles. The molecule has 0 atom stereocenters. The number of aromatic amines is 1. The van der Waals surface area contributed by atoms with E-state index in [0.29, 0.717) is 22.5 Å². The van der Waals surface area contributed by atoms with E-state index in [1.165, 1.54) is 0 Å². The fraction of sp³-hybridized carbons (Fsp3) is 0.182. The molecule has 0 amide bonds. The Bertz CT molecular complexity index is 523. The van der Waals surface area contributed by atoms with Gasteiger partial charge in [0.2, 0.25) is 0 Å². The van der Waals surface area contributed by atoms with Gasteiger partial charge in [-0.2, -0.15) is 13.2 Å². The summed E-state index contributed by atoms with van der Waals surface area (Å²) in [6, 6.07) is 3.68. The molecule has 1 aromatic carbocycles. The Balaban J connectivity index is 2.15. The van der Waals surface area contributed by atoms with Crippen LogP contribution in [-0.2, 0) is 12.7 Å². The second kappa shape index (κ2) is 5.01. The van der Waals surface area contributed by atoms with E-state index >= 15 is 0 Å².